The molecule has 12 heavy (non-hydrogen) atoms. The fraction of sp³-hybridized carbons (Fsp3) is 1.00. The molecular weight excluding hydrogens is 166 g/mol. The van der Waals surface area contributed by atoms with Crippen molar-refractivity contribution in [1.29, 1.82) is 0 Å². The molecular formula is C10H20NS+. The minimum Gasteiger partial charge on any atom is -0.345 e. The van der Waals surface area contributed by atoms with Crippen molar-refractivity contribution in [3.8, 4) is 0 Å². The Labute approximate surface area is 80.7 Å². The summed E-state index contributed by atoms with van der Waals surface area (Å²) in [5.74, 6) is 4.31. The van der Waals surface area contributed by atoms with Crippen molar-refractivity contribution >= 4 is 12.6 Å². The Morgan fingerprint density at radius 1 is 1.25 bits per heavy atom. The molecule has 2 fully saturated rings. The van der Waals surface area contributed by atoms with Gasteiger partial charge in [-0.1, -0.05) is 6.42 Å². The lowest BCUT2D eigenvalue weighted by Crippen LogP contribution is -2.86. The van der Waals surface area contributed by atoms with Crippen LogP contribution in [0.2, 0.25) is 0 Å². The molecule has 3 unspecified atom stereocenters. The summed E-state index contributed by atoms with van der Waals surface area (Å²) in [4.78, 5) is 0. The summed E-state index contributed by atoms with van der Waals surface area (Å²) < 4.78 is 0. The smallest absolute Gasteiger partial charge is 0.0844 e. The minimum absolute atomic E-state index is 1.03. The lowest BCUT2D eigenvalue weighted by atomic mass is 9.89. The first-order valence-corrected chi connectivity index (χ1v) is 5.96. The highest BCUT2D eigenvalue weighted by Crippen LogP contribution is 2.47. The third-order valence-electron chi connectivity index (χ3n) is 3.69. The molecule has 2 rings (SSSR count). The van der Waals surface area contributed by atoms with Crippen molar-refractivity contribution in [3.05, 3.63) is 0 Å². The molecule has 0 spiro atoms. The van der Waals surface area contributed by atoms with Gasteiger partial charge < -0.3 is 5.32 Å². The van der Waals surface area contributed by atoms with Crippen LogP contribution >= 0.6 is 12.6 Å². The van der Waals surface area contributed by atoms with Crippen molar-refractivity contribution in [3.63, 3.8) is 0 Å². The van der Waals surface area contributed by atoms with Gasteiger partial charge in [0, 0.05) is 11.7 Å². The molecule has 0 amide bonds. The summed E-state index contributed by atoms with van der Waals surface area (Å²) in [5, 5.41) is 2.46. The molecule has 0 radical (unpaired) electrons. The molecule has 0 aliphatic heterocycles. The number of hydrogen-bond acceptors (Lipinski definition) is 1. The number of fused-ring (bicyclic) bond motifs is 2. The summed E-state index contributed by atoms with van der Waals surface area (Å²) >= 11 is 4.22. The second-order valence-corrected chi connectivity index (χ2v) is 4.92. The molecule has 0 aromatic heterocycles. The van der Waals surface area contributed by atoms with Crippen LogP contribution in [0.4, 0.5) is 0 Å². The Balaban J connectivity index is 1.69. The van der Waals surface area contributed by atoms with Gasteiger partial charge in [-0.05, 0) is 31.1 Å². The van der Waals surface area contributed by atoms with Gasteiger partial charge >= 0.3 is 0 Å². The van der Waals surface area contributed by atoms with Crippen LogP contribution in [0.3, 0.4) is 0 Å². The van der Waals surface area contributed by atoms with E-state index in [2.05, 4.69) is 17.9 Å². The van der Waals surface area contributed by atoms with E-state index in [-0.39, 0.29) is 0 Å². The third-order valence-corrected chi connectivity index (χ3v) is 3.95. The summed E-state index contributed by atoms with van der Waals surface area (Å²) in [5.41, 5.74) is 0. The molecule has 0 heterocycles. The van der Waals surface area contributed by atoms with Crippen LogP contribution in [0.1, 0.15) is 25.7 Å². The number of hydrogen-bond donors (Lipinski definition) is 2. The number of quaternary nitrogens is 1. The Hall–Kier alpha value is 0.310. The quantitative estimate of drug-likeness (QED) is 0.480. The molecule has 0 aromatic rings. The van der Waals surface area contributed by atoms with Crippen molar-refractivity contribution < 1.29 is 5.32 Å². The SMILES string of the molecule is SCC[NH2+]CC1CC2CCC1C2. The van der Waals surface area contributed by atoms with Gasteiger partial charge in [-0.25, -0.2) is 0 Å². The zero-order valence-corrected chi connectivity index (χ0v) is 8.60. The van der Waals surface area contributed by atoms with Crippen LogP contribution in [0.5, 0.6) is 0 Å². The summed E-state index contributed by atoms with van der Waals surface area (Å²) in [7, 11) is 0. The maximum atomic E-state index is 4.22. The van der Waals surface area contributed by atoms with Crippen molar-refractivity contribution in [2.75, 3.05) is 18.8 Å². The first-order valence-electron chi connectivity index (χ1n) is 5.32. The van der Waals surface area contributed by atoms with Gasteiger partial charge in [0.2, 0.25) is 0 Å². The fourth-order valence-corrected chi connectivity index (χ4v) is 3.27. The van der Waals surface area contributed by atoms with Gasteiger partial charge in [-0.2, -0.15) is 12.6 Å². The molecule has 2 aliphatic carbocycles. The topological polar surface area (TPSA) is 16.6 Å². The van der Waals surface area contributed by atoms with E-state index in [9.17, 15) is 0 Å². The van der Waals surface area contributed by atoms with E-state index in [1.807, 2.05) is 0 Å². The predicted octanol–water partition coefficient (Wildman–Crippen LogP) is 0.916. The van der Waals surface area contributed by atoms with Gasteiger partial charge in [-0.15, -0.1) is 0 Å². The minimum atomic E-state index is 1.03. The van der Waals surface area contributed by atoms with Crippen LogP contribution in [0.25, 0.3) is 0 Å². The van der Waals surface area contributed by atoms with Crippen molar-refractivity contribution in [2.24, 2.45) is 17.8 Å². The third kappa shape index (κ3) is 1.80. The monoisotopic (exact) mass is 186 g/mol. The Morgan fingerprint density at radius 3 is 2.75 bits per heavy atom. The zero-order valence-electron chi connectivity index (χ0n) is 7.71. The largest absolute Gasteiger partial charge is 0.345 e. The van der Waals surface area contributed by atoms with Gasteiger partial charge in [-0.3, -0.25) is 0 Å². The van der Waals surface area contributed by atoms with Crippen LogP contribution in [0, 0.1) is 17.8 Å². The molecule has 2 aliphatic rings. The molecule has 2 heteroatoms. The van der Waals surface area contributed by atoms with Crippen LogP contribution < -0.4 is 5.32 Å². The standard InChI is InChI=1S/C10H19NS/c12-4-3-11-7-10-6-8-1-2-9(10)5-8/h8-12H,1-7H2/p+1. The van der Waals surface area contributed by atoms with E-state index in [0.717, 1.165) is 23.5 Å². The van der Waals surface area contributed by atoms with E-state index in [0.29, 0.717) is 0 Å². The molecule has 1 nitrogen and oxygen atoms in total. The Kier molecular flexibility index (Phi) is 2.97. The van der Waals surface area contributed by atoms with Gasteiger partial charge in [0.15, 0.2) is 0 Å². The maximum Gasteiger partial charge on any atom is 0.0844 e. The lowest BCUT2D eigenvalue weighted by molar-refractivity contribution is -0.657. The molecule has 0 aromatic carbocycles. The van der Waals surface area contributed by atoms with Gasteiger partial charge in [0.25, 0.3) is 0 Å². The summed E-state index contributed by atoms with van der Waals surface area (Å²) in [6.45, 7) is 2.58. The molecule has 70 valence electrons. The fourth-order valence-electron chi connectivity index (χ4n) is 3.09. The lowest BCUT2D eigenvalue weighted by Gasteiger charge is -2.19. The van der Waals surface area contributed by atoms with Gasteiger partial charge in [0.05, 0.1) is 13.1 Å². The van der Waals surface area contributed by atoms with E-state index >= 15 is 0 Å². The molecule has 2 bridgehead atoms. The van der Waals surface area contributed by atoms with Crippen molar-refractivity contribution in [1.82, 2.24) is 0 Å². The van der Waals surface area contributed by atoms with Crippen molar-refractivity contribution in [2.45, 2.75) is 25.7 Å². The summed E-state index contributed by atoms with van der Waals surface area (Å²) in [6, 6.07) is 0. The van der Waals surface area contributed by atoms with E-state index in [1.54, 1.807) is 6.42 Å². The predicted molar refractivity (Wildman–Crippen MR) is 54.5 cm³/mol. The maximum absolute atomic E-state index is 4.22. The van der Waals surface area contributed by atoms with Crippen LogP contribution in [-0.4, -0.2) is 18.8 Å². The molecule has 3 atom stereocenters. The first kappa shape index (κ1) is 8.89. The Morgan fingerprint density at radius 2 is 2.17 bits per heavy atom. The van der Waals surface area contributed by atoms with Crippen LogP contribution in [-0.2, 0) is 0 Å². The average molecular weight is 186 g/mol. The molecule has 0 saturated heterocycles. The second-order valence-electron chi connectivity index (χ2n) is 4.47. The molecule has 2 N–H and O–H groups in total. The normalized spacial score (nSPS) is 39.2. The molecule has 2 saturated carbocycles. The highest BCUT2D eigenvalue weighted by atomic mass is 32.1. The number of nitrogens with two attached hydrogens (primary N) is 1. The Bertz CT molecular complexity index is 149. The highest BCUT2D eigenvalue weighted by Gasteiger charge is 2.39. The van der Waals surface area contributed by atoms with E-state index < -0.39 is 0 Å². The number of thiol groups is 1. The second kappa shape index (κ2) is 4.01. The van der Waals surface area contributed by atoms with E-state index in [1.165, 1.54) is 32.4 Å². The highest BCUT2D eigenvalue weighted by molar-refractivity contribution is 7.80. The van der Waals surface area contributed by atoms with Crippen LogP contribution in [0.15, 0.2) is 0 Å². The zero-order chi connectivity index (χ0) is 8.39. The number of rotatable bonds is 4. The van der Waals surface area contributed by atoms with Gasteiger partial charge in [0.1, 0.15) is 0 Å². The van der Waals surface area contributed by atoms with E-state index in [4.69, 9.17) is 0 Å². The summed E-state index contributed by atoms with van der Waals surface area (Å²) in [6.07, 6.45) is 6.16. The average Bonchev–Trinajstić information content (AvgIpc) is 2.65. The first-order chi connectivity index (χ1) is 5.90.